The lowest BCUT2D eigenvalue weighted by atomic mass is 10.1. The third-order valence-electron chi connectivity index (χ3n) is 6.52. The molecule has 1 atom stereocenters. The lowest BCUT2D eigenvalue weighted by molar-refractivity contribution is -0.137. The van der Waals surface area contributed by atoms with Crippen molar-refractivity contribution < 1.29 is 18.0 Å². The minimum Gasteiger partial charge on any atom is -0.380 e. The lowest BCUT2D eigenvalue weighted by Crippen LogP contribution is -2.47. The van der Waals surface area contributed by atoms with Crippen LogP contribution in [0.4, 0.5) is 30.2 Å². The molecule has 0 spiro atoms. The van der Waals surface area contributed by atoms with Crippen molar-refractivity contribution in [1.29, 1.82) is 0 Å². The van der Waals surface area contributed by atoms with Crippen molar-refractivity contribution in [3.63, 3.8) is 0 Å². The van der Waals surface area contributed by atoms with E-state index in [-0.39, 0.29) is 17.6 Å². The van der Waals surface area contributed by atoms with Gasteiger partial charge in [0.15, 0.2) is 0 Å². The number of hydrogen-bond donors (Lipinski definition) is 1. The zero-order valence-electron chi connectivity index (χ0n) is 19.1. The number of nitrogens with one attached hydrogen (secondary N) is 1. The highest BCUT2D eigenvalue weighted by Crippen LogP contribution is 2.38. The summed E-state index contributed by atoms with van der Waals surface area (Å²) in [6, 6.07) is 11.0. The van der Waals surface area contributed by atoms with E-state index < -0.39 is 17.4 Å². The van der Waals surface area contributed by atoms with Gasteiger partial charge in [-0.25, -0.2) is 0 Å². The second-order valence-corrected chi connectivity index (χ2v) is 9.28. The number of anilines is 2. The van der Waals surface area contributed by atoms with Gasteiger partial charge in [0.2, 0.25) is 5.91 Å². The Kier molecular flexibility index (Phi) is 7.81. The van der Waals surface area contributed by atoms with Crippen LogP contribution in [0.1, 0.15) is 18.4 Å². The molecule has 0 saturated carbocycles. The van der Waals surface area contributed by atoms with Crippen LogP contribution in [0.2, 0.25) is 5.02 Å². The maximum absolute atomic E-state index is 13.2. The number of carbonyl (C=O) groups is 1. The Balaban J connectivity index is 1.22. The quantitative estimate of drug-likeness (QED) is 0.533. The van der Waals surface area contributed by atoms with Crippen molar-refractivity contribution in [3.05, 3.63) is 58.0 Å². The number of rotatable bonds is 7. The molecule has 188 valence electrons. The van der Waals surface area contributed by atoms with Gasteiger partial charge in [-0.3, -0.25) is 9.69 Å². The molecular formula is C24H27ClF3N5O2. The van der Waals surface area contributed by atoms with Crippen molar-refractivity contribution in [3.8, 4) is 0 Å². The Morgan fingerprint density at radius 3 is 2.43 bits per heavy atom. The topological polar surface area (TPSA) is 68.2 Å². The summed E-state index contributed by atoms with van der Waals surface area (Å²) >= 11 is 5.96. The fraction of sp³-hybridized carbons (Fsp3) is 0.458. The molecule has 2 aliphatic rings. The number of benzene rings is 2. The van der Waals surface area contributed by atoms with E-state index in [9.17, 15) is 22.9 Å². The van der Waals surface area contributed by atoms with E-state index in [0.717, 1.165) is 44.0 Å². The van der Waals surface area contributed by atoms with Crippen molar-refractivity contribution in [2.24, 2.45) is 5.18 Å². The van der Waals surface area contributed by atoms with E-state index in [1.807, 2.05) is 24.3 Å². The highest BCUT2D eigenvalue weighted by atomic mass is 35.5. The molecule has 0 unspecified atom stereocenters. The van der Waals surface area contributed by atoms with Gasteiger partial charge in [0.25, 0.3) is 0 Å². The third-order valence-corrected chi connectivity index (χ3v) is 6.77. The van der Waals surface area contributed by atoms with Crippen molar-refractivity contribution in [2.45, 2.75) is 25.1 Å². The zero-order valence-corrected chi connectivity index (χ0v) is 19.9. The van der Waals surface area contributed by atoms with Crippen LogP contribution in [0, 0.1) is 4.91 Å². The summed E-state index contributed by atoms with van der Waals surface area (Å²) in [6.45, 7) is 5.16. The number of piperazine rings is 1. The Hall–Kier alpha value is -2.85. The average molecular weight is 510 g/mol. The van der Waals surface area contributed by atoms with Crippen molar-refractivity contribution >= 4 is 34.6 Å². The Bertz CT molecular complexity index is 1040. The normalized spacial score (nSPS) is 19.1. The van der Waals surface area contributed by atoms with Crippen LogP contribution in [-0.2, 0) is 11.0 Å². The standard InChI is InChI=1S/C24H27ClF3N5O2/c25-17-1-4-20(5-2-17)32-13-11-31(12-14-32)9-8-23(34)33-10-7-19(16-33)29-18-3-6-22(30-35)21(15-18)24(26,27)28/h1-6,15,19,29H,7-14,16H2/t19-/m0/s1. The molecule has 1 amide bonds. The van der Waals surface area contributed by atoms with Gasteiger partial charge in [0.1, 0.15) is 5.69 Å². The molecule has 2 saturated heterocycles. The first-order valence-electron chi connectivity index (χ1n) is 11.5. The Morgan fingerprint density at radius 2 is 1.77 bits per heavy atom. The van der Waals surface area contributed by atoms with Gasteiger partial charge >= 0.3 is 6.18 Å². The van der Waals surface area contributed by atoms with Crippen LogP contribution in [0.5, 0.6) is 0 Å². The predicted octanol–water partition coefficient (Wildman–Crippen LogP) is 4.98. The molecule has 0 radical (unpaired) electrons. The molecule has 2 aromatic carbocycles. The van der Waals surface area contributed by atoms with Crippen LogP contribution in [0.25, 0.3) is 0 Å². The van der Waals surface area contributed by atoms with Crippen LogP contribution in [-0.4, -0.2) is 67.6 Å². The molecule has 4 rings (SSSR count). The monoisotopic (exact) mass is 509 g/mol. The second-order valence-electron chi connectivity index (χ2n) is 8.85. The first kappa shape index (κ1) is 25.2. The van der Waals surface area contributed by atoms with Gasteiger partial charge in [-0.2, -0.15) is 13.2 Å². The molecule has 2 heterocycles. The zero-order chi connectivity index (χ0) is 25.0. The maximum Gasteiger partial charge on any atom is 0.418 e. The summed E-state index contributed by atoms with van der Waals surface area (Å²) in [6.07, 6.45) is -3.62. The summed E-state index contributed by atoms with van der Waals surface area (Å²) in [7, 11) is 0. The average Bonchev–Trinajstić information content (AvgIpc) is 3.31. The summed E-state index contributed by atoms with van der Waals surface area (Å²) in [5.74, 6) is 0.0471. The number of hydrogen-bond acceptors (Lipinski definition) is 6. The number of nitrogens with zero attached hydrogens (tertiary/aromatic N) is 4. The number of likely N-dealkylation sites (tertiary alicyclic amines) is 1. The molecule has 2 aromatic rings. The Labute approximate surface area is 206 Å². The van der Waals surface area contributed by atoms with E-state index in [2.05, 4.69) is 20.3 Å². The molecule has 1 N–H and O–H groups in total. The number of carbonyl (C=O) groups excluding carboxylic acids is 1. The van der Waals surface area contributed by atoms with Crippen LogP contribution in [0.15, 0.2) is 47.6 Å². The van der Waals surface area contributed by atoms with Gasteiger partial charge in [0.05, 0.1) is 5.56 Å². The van der Waals surface area contributed by atoms with Crippen LogP contribution in [0.3, 0.4) is 0 Å². The molecule has 0 bridgehead atoms. The fourth-order valence-electron chi connectivity index (χ4n) is 4.57. The van der Waals surface area contributed by atoms with Crippen molar-refractivity contribution in [2.75, 3.05) is 56.0 Å². The van der Waals surface area contributed by atoms with E-state index in [0.29, 0.717) is 37.5 Å². The van der Waals surface area contributed by atoms with Gasteiger partial charge < -0.3 is 15.1 Å². The molecule has 11 heteroatoms. The number of alkyl halides is 3. The molecule has 0 aromatic heterocycles. The fourth-order valence-corrected chi connectivity index (χ4v) is 4.69. The predicted molar refractivity (Wildman–Crippen MR) is 130 cm³/mol. The summed E-state index contributed by atoms with van der Waals surface area (Å²) < 4.78 is 39.5. The number of halogens is 4. The lowest BCUT2D eigenvalue weighted by Gasteiger charge is -2.36. The highest BCUT2D eigenvalue weighted by Gasteiger charge is 2.35. The summed E-state index contributed by atoms with van der Waals surface area (Å²) in [5.41, 5.74) is -0.317. The summed E-state index contributed by atoms with van der Waals surface area (Å²) in [5, 5.41) is 6.23. The van der Waals surface area contributed by atoms with Gasteiger partial charge in [-0.15, -0.1) is 4.91 Å². The van der Waals surface area contributed by atoms with Gasteiger partial charge in [0, 0.05) is 74.7 Å². The van der Waals surface area contributed by atoms with Gasteiger partial charge in [-0.1, -0.05) is 11.6 Å². The minimum absolute atomic E-state index is 0.0471. The molecule has 7 nitrogen and oxygen atoms in total. The van der Waals surface area contributed by atoms with Crippen LogP contribution < -0.4 is 10.2 Å². The van der Waals surface area contributed by atoms with E-state index in [4.69, 9.17) is 11.6 Å². The molecule has 2 fully saturated rings. The first-order valence-corrected chi connectivity index (χ1v) is 11.9. The van der Waals surface area contributed by atoms with E-state index in [1.165, 1.54) is 6.07 Å². The molecule has 2 aliphatic heterocycles. The van der Waals surface area contributed by atoms with Gasteiger partial charge in [-0.05, 0) is 54.1 Å². The van der Waals surface area contributed by atoms with E-state index >= 15 is 0 Å². The Morgan fingerprint density at radius 1 is 1.06 bits per heavy atom. The van der Waals surface area contributed by atoms with Crippen molar-refractivity contribution in [1.82, 2.24) is 9.80 Å². The van der Waals surface area contributed by atoms with Crippen LogP contribution >= 0.6 is 11.6 Å². The second kappa shape index (κ2) is 10.8. The third kappa shape index (κ3) is 6.43. The largest absolute Gasteiger partial charge is 0.418 e. The maximum atomic E-state index is 13.2. The molecule has 0 aliphatic carbocycles. The number of nitroso groups, excluding NO2 is 1. The minimum atomic E-state index is -4.67. The molecular weight excluding hydrogens is 483 g/mol. The first-order chi connectivity index (χ1) is 16.7. The molecule has 35 heavy (non-hydrogen) atoms. The number of amides is 1. The SMILES string of the molecule is O=Nc1ccc(N[C@H]2CCN(C(=O)CCN3CCN(c4ccc(Cl)cc4)CC3)C2)cc1C(F)(F)F. The smallest absolute Gasteiger partial charge is 0.380 e. The highest BCUT2D eigenvalue weighted by molar-refractivity contribution is 6.30. The van der Waals surface area contributed by atoms with E-state index in [1.54, 1.807) is 4.90 Å². The summed E-state index contributed by atoms with van der Waals surface area (Å²) in [4.78, 5) is 29.7.